The fourth-order valence-corrected chi connectivity index (χ4v) is 5.87. The number of nitrogens with one attached hydrogen (secondary N) is 1. The molecule has 1 fully saturated rings. The van der Waals surface area contributed by atoms with E-state index in [4.69, 9.17) is 0 Å². The van der Waals surface area contributed by atoms with Crippen LogP contribution in [-0.2, 0) is 10.0 Å². The molecule has 0 atom stereocenters. The van der Waals surface area contributed by atoms with Crippen molar-refractivity contribution in [2.45, 2.75) is 29.9 Å². The number of nitrogens with zero attached hydrogens (tertiary/aromatic N) is 1. The zero-order chi connectivity index (χ0) is 16.3. The van der Waals surface area contributed by atoms with Crippen LogP contribution < -0.4 is 9.62 Å². The van der Waals surface area contributed by atoms with Gasteiger partial charge in [0.1, 0.15) is 4.21 Å². The van der Waals surface area contributed by atoms with Crippen LogP contribution >= 0.6 is 27.3 Å². The first-order chi connectivity index (χ1) is 11.1. The molecule has 0 saturated carbocycles. The molecule has 23 heavy (non-hydrogen) atoms. The number of para-hydroxylation sites is 2. The van der Waals surface area contributed by atoms with Crippen molar-refractivity contribution < 1.29 is 8.42 Å². The minimum Gasteiger partial charge on any atom is -0.370 e. The first kappa shape index (κ1) is 16.8. The van der Waals surface area contributed by atoms with E-state index in [-0.39, 0.29) is 0 Å². The Labute approximate surface area is 149 Å². The highest BCUT2D eigenvalue weighted by molar-refractivity contribution is 9.11. The predicted molar refractivity (Wildman–Crippen MR) is 100.0 cm³/mol. The quantitative estimate of drug-likeness (QED) is 0.788. The molecule has 4 nitrogen and oxygen atoms in total. The zero-order valence-electron chi connectivity index (χ0n) is 12.7. The van der Waals surface area contributed by atoms with E-state index in [2.05, 4.69) is 25.6 Å². The lowest BCUT2D eigenvalue weighted by Gasteiger charge is -2.25. The molecule has 0 spiro atoms. The van der Waals surface area contributed by atoms with E-state index in [1.165, 1.54) is 24.2 Å². The molecule has 7 heteroatoms. The van der Waals surface area contributed by atoms with Crippen LogP contribution in [-0.4, -0.2) is 21.5 Å². The minimum absolute atomic E-state index is 0.315. The molecule has 124 valence electrons. The van der Waals surface area contributed by atoms with Gasteiger partial charge >= 0.3 is 0 Å². The Morgan fingerprint density at radius 3 is 2.35 bits per heavy atom. The number of halogens is 1. The number of hydrogen-bond acceptors (Lipinski definition) is 4. The van der Waals surface area contributed by atoms with Gasteiger partial charge in [0, 0.05) is 13.1 Å². The molecule has 1 saturated heterocycles. The molecule has 1 aromatic carbocycles. The van der Waals surface area contributed by atoms with Gasteiger partial charge in [-0.1, -0.05) is 25.0 Å². The highest BCUT2D eigenvalue weighted by Crippen LogP contribution is 2.32. The molecule has 0 aliphatic carbocycles. The van der Waals surface area contributed by atoms with Gasteiger partial charge in [-0.2, -0.15) is 0 Å². The Bertz CT molecular complexity index is 766. The third-order valence-corrected chi connectivity index (χ3v) is 7.39. The van der Waals surface area contributed by atoms with Crippen LogP contribution in [0.5, 0.6) is 0 Å². The highest BCUT2D eigenvalue weighted by atomic mass is 79.9. The second kappa shape index (κ2) is 7.23. The number of hydrogen-bond donors (Lipinski definition) is 1. The van der Waals surface area contributed by atoms with Gasteiger partial charge in [-0.05, 0) is 53.0 Å². The summed E-state index contributed by atoms with van der Waals surface area (Å²) in [5.41, 5.74) is 1.62. The molecule has 3 rings (SSSR count). The van der Waals surface area contributed by atoms with Crippen LogP contribution in [0.2, 0.25) is 0 Å². The Kier molecular flexibility index (Phi) is 5.28. The van der Waals surface area contributed by atoms with Gasteiger partial charge in [0.2, 0.25) is 0 Å². The monoisotopic (exact) mass is 414 g/mol. The first-order valence-electron chi connectivity index (χ1n) is 7.68. The van der Waals surface area contributed by atoms with Crippen LogP contribution in [0.25, 0.3) is 0 Å². The molecule has 0 amide bonds. The number of benzene rings is 1. The van der Waals surface area contributed by atoms with Crippen LogP contribution in [0.4, 0.5) is 11.4 Å². The fourth-order valence-electron chi connectivity index (χ4n) is 2.78. The van der Waals surface area contributed by atoms with Crippen LogP contribution in [0.1, 0.15) is 25.7 Å². The summed E-state index contributed by atoms with van der Waals surface area (Å²) in [5, 5.41) is 0. The van der Waals surface area contributed by atoms with Gasteiger partial charge in [-0.15, -0.1) is 11.3 Å². The van der Waals surface area contributed by atoms with Crippen molar-refractivity contribution in [1.29, 1.82) is 0 Å². The van der Waals surface area contributed by atoms with Gasteiger partial charge in [0.25, 0.3) is 10.0 Å². The van der Waals surface area contributed by atoms with Crippen molar-refractivity contribution in [3.63, 3.8) is 0 Å². The lowest BCUT2D eigenvalue weighted by Crippen LogP contribution is -2.25. The maximum absolute atomic E-state index is 12.6. The number of thiophene rings is 1. The second-order valence-corrected chi connectivity index (χ2v) is 9.95. The zero-order valence-corrected chi connectivity index (χ0v) is 15.9. The van der Waals surface area contributed by atoms with E-state index in [0.717, 1.165) is 35.4 Å². The third kappa shape index (κ3) is 4.08. The molecule has 1 aromatic heterocycles. The normalized spacial score (nSPS) is 16.1. The molecule has 0 unspecified atom stereocenters. The second-order valence-electron chi connectivity index (χ2n) is 5.58. The summed E-state index contributed by atoms with van der Waals surface area (Å²) < 4.78 is 29.0. The van der Waals surface area contributed by atoms with Crippen LogP contribution in [0.15, 0.2) is 44.4 Å². The summed E-state index contributed by atoms with van der Waals surface area (Å²) in [4.78, 5) is 2.29. The van der Waals surface area contributed by atoms with Crippen molar-refractivity contribution in [3.8, 4) is 0 Å². The maximum Gasteiger partial charge on any atom is 0.271 e. The summed E-state index contributed by atoms with van der Waals surface area (Å²) >= 11 is 4.53. The van der Waals surface area contributed by atoms with E-state index in [1.54, 1.807) is 12.1 Å². The summed E-state index contributed by atoms with van der Waals surface area (Å²) in [6.07, 6.45) is 4.79. The molecule has 0 radical (unpaired) electrons. The van der Waals surface area contributed by atoms with E-state index < -0.39 is 10.0 Å². The number of anilines is 2. The number of rotatable bonds is 4. The molecular formula is C16H19BrN2O2S2. The Balaban J connectivity index is 1.88. The van der Waals surface area contributed by atoms with Crippen LogP contribution in [0, 0.1) is 0 Å². The average molecular weight is 415 g/mol. The van der Waals surface area contributed by atoms with E-state index >= 15 is 0 Å². The van der Waals surface area contributed by atoms with Gasteiger partial charge in [-0.25, -0.2) is 8.42 Å². The molecule has 1 N–H and O–H groups in total. The number of sulfonamides is 1. The summed E-state index contributed by atoms with van der Waals surface area (Å²) in [6, 6.07) is 11.0. The average Bonchev–Trinajstić information content (AvgIpc) is 2.81. The standard InChI is InChI=1S/C16H19BrN2O2S2/c17-15-9-10-16(22-15)23(20,21)18-13-7-3-4-8-14(13)19-11-5-1-2-6-12-19/h3-4,7-10,18H,1-2,5-6,11-12H2. The SMILES string of the molecule is O=S(=O)(Nc1ccccc1N1CCCCCC1)c1ccc(Br)s1. The van der Waals surface area contributed by atoms with E-state index in [9.17, 15) is 8.42 Å². The molecule has 1 aliphatic heterocycles. The fraction of sp³-hybridized carbons (Fsp3) is 0.375. The van der Waals surface area contributed by atoms with Gasteiger partial charge < -0.3 is 4.90 Å². The Morgan fingerprint density at radius 1 is 1.00 bits per heavy atom. The largest absolute Gasteiger partial charge is 0.370 e. The maximum atomic E-state index is 12.6. The molecule has 2 heterocycles. The predicted octanol–water partition coefficient (Wildman–Crippen LogP) is 4.69. The highest BCUT2D eigenvalue weighted by Gasteiger charge is 2.20. The summed E-state index contributed by atoms with van der Waals surface area (Å²) in [5.74, 6) is 0. The summed E-state index contributed by atoms with van der Waals surface area (Å²) in [6.45, 7) is 1.95. The van der Waals surface area contributed by atoms with Crippen molar-refractivity contribution in [2.75, 3.05) is 22.7 Å². The molecule has 0 bridgehead atoms. The van der Waals surface area contributed by atoms with Crippen molar-refractivity contribution >= 4 is 48.7 Å². The smallest absolute Gasteiger partial charge is 0.271 e. The lowest BCUT2D eigenvalue weighted by atomic mass is 10.2. The summed E-state index contributed by atoms with van der Waals surface area (Å²) in [7, 11) is -3.55. The molecule has 2 aromatic rings. The van der Waals surface area contributed by atoms with Gasteiger partial charge in [-0.3, -0.25) is 4.72 Å². The first-order valence-corrected chi connectivity index (χ1v) is 10.8. The topological polar surface area (TPSA) is 49.4 Å². The third-order valence-electron chi connectivity index (χ3n) is 3.91. The molecular weight excluding hydrogens is 396 g/mol. The van der Waals surface area contributed by atoms with Gasteiger partial charge in [0.05, 0.1) is 15.2 Å². The van der Waals surface area contributed by atoms with Crippen molar-refractivity contribution in [2.24, 2.45) is 0 Å². The van der Waals surface area contributed by atoms with Crippen molar-refractivity contribution in [3.05, 3.63) is 40.2 Å². The Hall–Kier alpha value is -1.05. The van der Waals surface area contributed by atoms with Crippen LogP contribution in [0.3, 0.4) is 0 Å². The molecule has 1 aliphatic rings. The van der Waals surface area contributed by atoms with E-state index in [1.807, 2.05) is 24.3 Å². The van der Waals surface area contributed by atoms with E-state index in [0.29, 0.717) is 9.90 Å². The van der Waals surface area contributed by atoms with Gasteiger partial charge in [0.15, 0.2) is 0 Å². The van der Waals surface area contributed by atoms with Crippen molar-refractivity contribution in [1.82, 2.24) is 0 Å². The Morgan fingerprint density at radius 2 is 1.70 bits per heavy atom. The minimum atomic E-state index is -3.55. The lowest BCUT2D eigenvalue weighted by molar-refractivity contribution is 0.603.